The lowest BCUT2D eigenvalue weighted by Crippen LogP contribution is -2.52. The number of piperidine rings is 1. The molecule has 0 aliphatic carbocycles. The fraction of sp³-hybridized carbons (Fsp3) is 0.467. The van der Waals surface area contributed by atoms with Crippen LogP contribution < -0.4 is 15.8 Å². The predicted molar refractivity (Wildman–Crippen MR) is 80.0 cm³/mol. The van der Waals surface area contributed by atoms with Gasteiger partial charge >= 0.3 is 0 Å². The lowest BCUT2D eigenvalue weighted by Gasteiger charge is -2.34. The van der Waals surface area contributed by atoms with Crippen LogP contribution in [0, 0.1) is 5.92 Å². The summed E-state index contributed by atoms with van der Waals surface area (Å²) in [6.07, 6.45) is 0.396. The highest BCUT2D eigenvalue weighted by atomic mass is 16.5. The van der Waals surface area contributed by atoms with E-state index in [1.165, 1.54) is 4.90 Å². The van der Waals surface area contributed by atoms with Crippen molar-refractivity contribution in [2.24, 2.45) is 11.7 Å². The van der Waals surface area contributed by atoms with Crippen LogP contribution in [0.4, 0.5) is 5.69 Å². The number of hydrogen-bond donors (Lipinski definition) is 2. The van der Waals surface area contributed by atoms with Crippen LogP contribution in [0.1, 0.15) is 13.3 Å². The van der Waals surface area contributed by atoms with Crippen LogP contribution in [0.25, 0.3) is 0 Å². The predicted octanol–water partition coefficient (Wildman–Crippen LogP) is 0.829. The second kappa shape index (κ2) is 6.58. The molecule has 114 valence electrons. The van der Waals surface area contributed by atoms with E-state index in [0.717, 1.165) is 0 Å². The Morgan fingerprint density at radius 1 is 1.52 bits per heavy atom. The molecule has 1 aliphatic heterocycles. The van der Waals surface area contributed by atoms with Gasteiger partial charge in [-0.1, -0.05) is 13.0 Å². The molecule has 0 radical (unpaired) electrons. The Morgan fingerprint density at radius 2 is 2.29 bits per heavy atom. The Kier molecular flexibility index (Phi) is 4.80. The third kappa shape index (κ3) is 3.95. The van der Waals surface area contributed by atoms with Crippen molar-refractivity contribution in [3.05, 3.63) is 24.3 Å². The molecule has 0 aromatic heterocycles. The molecule has 3 N–H and O–H groups in total. The molecule has 1 saturated heterocycles. The van der Waals surface area contributed by atoms with Crippen molar-refractivity contribution in [3.63, 3.8) is 0 Å². The molecule has 0 spiro atoms. The maximum Gasteiger partial charge on any atom is 0.243 e. The first-order chi connectivity index (χ1) is 9.99. The number of carbonyl (C=O) groups is 2. The van der Waals surface area contributed by atoms with Crippen LogP contribution in [0.15, 0.2) is 24.3 Å². The fourth-order valence-electron chi connectivity index (χ4n) is 2.32. The average molecular weight is 291 g/mol. The molecule has 1 aromatic carbocycles. The topological polar surface area (TPSA) is 84.7 Å². The number of ether oxygens (including phenoxy) is 1. The summed E-state index contributed by atoms with van der Waals surface area (Å²) in [5, 5.41) is 2.76. The Balaban J connectivity index is 1.93. The first-order valence-corrected chi connectivity index (χ1v) is 6.97. The van der Waals surface area contributed by atoms with E-state index >= 15 is 0 Å². The van der Waals surface area contributed by atoms with E-state index in [1.807, 2.05) is 6.92 Å². The Bertz CT molecular complexity index is 533. The van der Waals surface area contributed by atoms with E-state index in [-0.39, 0.29) is 30.3 Å². The van der Waals surface area contributed by atoms with E-state index in [0.29, 0.717) is 24.4 Å². The summed E-state index contributed by atoms with van der Waals surface area (Å²) in [5.74, 6) is 0.566. The van der Waals surface area contributed by atoms with Gasteiger partial charge in [0.05, 0.1) is 13.7 Å². The van der Waals surface area contributed by atoms with Gasteiger partial charge in [-0.3, -0.25) is 9.59 Å². The van der Waals surface area contributed by atoms with E-state index in [4.69, 9.17) is 10.5 Å². The second-order valence-electron chi connectivity index (χ2n) is 5.40. The number of likely N-dealkylation sites (tertiary alicyclic amines) is 1. The Labute approximate surface area is 124 Å². The fourth-order valence-corrected chi connectivity index (χ4v) is 2.32. The first kappa shape index (κ1) is 15.3. The normalized spacial score (nSPS) is 22.0. The molecule has 2 atom stereocenters. The third-order valence-electron chi connectivity index (χ3n) is 3.70. The van der Waals surface area contributed by atoms with Gasteiger partial charge in [-0.25, -0.2) is 0 Å². The molecule has 1 aliphatic rings. The average Bonchev–Trinajstić information content (AvgIpc) is 2.45. The number of nitrogens with zero attached hydrogens (tertiary/aromatic N) is 1. The number of hydrogen-bond acceptors (Lipinski definition) is 4. The molecule has 2 rings (SSSR count). The van der Waals surface area contributed by atoms with Crippen LogP contribution in [-0.2, 0) is 9.59 Å². The SMILES string of the molecule is COc1cccc(NC(=O)CN2CC(N)C(C)CC2=O)c1. The van der Waals surface area contributed by atoms with Crippen molar-refractivity contribution < 1.29 is 14.3 Å². The van der Waals surface area contributed by atoms with E-state index in [2.05, 4.69) is 5.32 Å². The molecular weight excluding hydrogens is 270 g/mol. The summed E-state index contributed by atoms with van der Waals surface area (Å²) >= 11 is 0. The largest absolute Gasteiger partial charge is 0.497 e. The Morgan fingerprint density at radius 3 is 3.00 bits per heavy atom. The summed E-state index contributed by atoms with van der Waals surface area (Å²) in [5.41, 5.74) is 6.60. The molecular formula is C15H21N3O3. The quantitative estimate of drug-likeness (QED) is 0.860. The number of methoxy groups -OCH3 is 1. The third-order valence-corrected chi connectivity index (χ3v) is 3.70. The van der Waals surface area contributed by atoms with Gasteiger partial charge in [0, 0.05) is 30.8 Å². The zero-order valence-electron chi connectivity index (χ0n) is 12.3. The van der Waals surface area contributed by atoms with Crippen molar-refractivity contribution >= 4 is 17.5 Å². The Hall–Kier alpha value is -2.08. The standard InChI is InChI=1S/C15H21N3O3/c1-10-6-15(20)18(8-13(10)16)9-14(19)17-11-4-3-5-12(7-11)21-2/h3-5,7,10,13H,6,8-9,16H2,1-2H3,(H,17,19). The second-order valence-corrected chi connectivity index (χ2v) is 5.40. The van der Waals surface area contributed by atoms with Crippen LogP contribution >= 0.6 is 0 Å². The lowest BCUT2D eigenvalue weighted by molar-refractivity contribution is -0.138. The molecule has 6 nitrogen and oxygen atoms in total. The monoisotopic (exact) mass is 291 g/mol. The highest BCUT2D eigenvalue weighted by molar-refractivity contribution is 5.94. The number of rotatable bonds is 4. The van der Waals surface area contributed by atoms with Gasteiger partial charge in [0.15, 0.2) is 0 Å². The number of benzene rings is 1. The van der Waals surface area contributed by atoms with E-state index in [1.54, 1.807) is 31.4 Å². The molecule has 2 unspecified atom stereocenters. The van der Waals surface area contributed by atoms with Crippen molar-refractivity contribution in [2.45, 2.75) is 19.4 Å². The van der Waals surface area contributed by atoms with Crippen molar-refractivity contribution in [2.75, 3.05) is 25.5 Å². The van der Waals surface area contributed by atoms with Gasteiger partial charge in [-0.15, -0.1) is 0 Å². The van der Waals surface area contributed by atoms with Gasteiger partial charge in [0.25, 0.3) is 0 Å². The van der Waals surface area contributed by atoms with Crippen LogP contribution in [0.5, 0.6) is 5.75 Å². The smallest absolute Gasteiger partial charge is 0.243 e. The number of amides is 2. The number of nitrogens with two attached hydrogens (primary N) is 1. The maximum atomic E-state index is 12.0. The molecule has 2 amide bonds. The molecule has 21 heavy (non-hydrogen) atoms. The zero-order chi connectivity index (χ0) is 15.4. The minimum atomic E-state index is -0.238. The van der Waals surface area contributed by atoms with Gasteiger partial charge < -0.3 is 20.7 Å². The summed E-state index contributed by atoms with van der Waals surface area (Å²) in [7, 11) is 1.57. The van der Waals surface area contributed by atoms with Gasteiger partial charge in [-0.2, -0.15) is 0 Å². The molecule has 1 fully saturated rings. The molecule has 0 saturated carbocycles. The van der Waals surface area contributed by atoms with Crippen molar-refractivity contribution in [3.8, 4) is 5.75 Å². The molecule has 1 heterocycles. The van der Waals surface area contributed by atoms with Crippen molar-refractivity contribution in [1.29, 1.82) is 0 Å². The number of anilines is 1. The lowest BCUT2D eigenvalue weighted by atomic mass is 9.94. The number of nitrogens with one attached hydrogen (secondary N) is 1. The van der Waals surface area contributed by atoms with Crippen LogP contribution in [-0.4, -0.2) is 43.0 Å². The number of carbonyl (C=O) groups excluding carboxylic acids is 2. The van der Waals surface area contributed by atoms with Gasteiger partial charge in [0.2, 0.25) is 11.8 Å². The summed E-state index contributed by atoms with van der Waals surface area (Å²) in [4.78, 5) is 25.5. The van der Waals surface area contributed by atoms with Crippen LogP contribution in [0.2, 0.25) is 0 Å². The zero-order valence-corrected chi connectivity index (χ0v) is 12.3. The minimum Gasteiger partial charge on any atom is -0.497 e. The molecule has 1 aromatic rings. The van der Waals surface area contributed by atoms with Crippen molar-refractivity contribution in [1.82, 2.24) is 4.90 Å². The highest BCUT2D eigenvalue weighted by Gasteiger charge is 2.30. The molecule has 0 bridgehead atoms. The van der Waals surface area contributed by atoms with Gasteiger partial charge in [0.1, 0.15) is 5.75 Å². The van der Waals surface area contributed by atoms with E-state index in [9.17, 15) is 9.59 Å². The molecule has 6 heteroatoms. The summed E-state index contributed by atoms with van der Waals surface area (Å²) in [6, 6.07) is 7.01. The summed E-state index contributed by atoms with van der Waals surface area (Å²) in [6.45, 7) is 2.40. The minimum absolute atomic E-state index is 0.0232. The summed E-state index contributed by atoms with van der Waals surface area (Å²) < 4.78 is 5.10. The van der Waals surface area contributed by atoms with Crippen LogP contribution in [0.3, 0.4) is 0 Å². The maximum absolute atomic E-state index is 12.0. The highest BCUT2D eigenvalue weighted by Crippen LogP contribution is 2.18. The van der Waals surface area contributed by atoms with Gasteiger partial charge in [-0.05, 0) is 18.1 Å². The first-order valence-electron chi connectivity index (χ1n) is 6.97. The van der Waals surface area contributed by atoms with E-state index < -0.39 is 0 Å².